The predicted molar refractivity (Wildman–Crippen MR) is 96.0 cm³/mol. The number of imidazole rings is 1. The fraction of sp³-hybridized carbons (Fsp3) is 0.316. The lowest BCUT2D eigenvalue weighted by atomic mass is 10.1. The average Bonchev–Trinajstić information content (AvgIpc) is 2.82. The lowest BCUT2D eigenvalue weighted by molar-refractivity contribution is 0.579. The molecule has 1 aromatic heterocycles. The Morgan fingerprint density at radius 1 is 1.28 bits per heavy atom. The number of hydrogen-bond acceptors (Lipinski definition) is 3. The molecule has 0 saturated carbocycles. The molecular weight excluding hydrogens is 322 g/mol. The molecule has 25 heavy (non-hydrogen) atoms. The third-order valence-corrected chi connectivity index (χ3v) is 4.63. The van der Waals surface area contributed by atoms with Gasteiger partial charge >= 0.3 is 0 Å². The van der Waals surface area contributed by atoms with Gasteiger partial charge in [-0.3, -0.25) is 0 Å². The van der Waals surface area contributed by atoms with Crippen molar-refractivity contribution in [2.75, 3.05) is 11.9 Å². The zero-order valence-electron chi connectivity index (χ0n) is 14.7. The van der Waals surface area contributed by atoms with Crippen molar-refractivity contribution in [3.8, 4) is 0 Å². The predicted octanol–water partition coefficient (Wildman–Crippen LogP) is 1.92. The van der Waals surface area contributed by atoms with Crippen LogP contribution < -0.4 is 21.3 Å². The van der Waals surface area contributed by atoms with Crippen LogP contribution >= 0.6 is 0 Å². The summed E-state index contributed by atoms with van der Waals surface area (Å²) in [6, 6.07) is 2.58. The van der Waals surface area contributed by atoms with Crippen LogP contribution in [-0.4, -0.2) is 16.6 Å². The van der Waals surface area contributed by atoms with E-state index in [0.29, 0.717) is 12.0 Å². The average molecular weight is 344 g/mol. The minimum Gasteiger partial charge on any atom is -0.340 e. The maximum Gasteiger partial charge on any atom is 0.150 e. The Morgan fingerprint density at radius 3 is 2.56 bits per heavy atom. The lowest BCUT2D eigenvalue weighted by Gasteiger charge is -2.24. The number of anilines is 1. The van der Waals surface area contributed by atoms with E-state index in [1.54, 1.807) is 18.3 Å². The summed E-state index contributed by atoms with van der Waals surface area (Å²) in [6.45, 7) is 2.14. The van der Waals surface area contributed by atoms with E-state index in [2.05, 4.69) is 11.1 Å². The first kappa shape index (κ1) is 17.4. The summed E-state index contributed by atoms with van der Waals surface area (Å²) >= 11 is 0. The van der Waals surface area contributed by atoms with E-state index in [-0.39, 0.29) is 12.2 Å². The summed E-state index contributed by atoms with van der Waals surface area (Å²) in [7, 11) is 3.59. The number of nitrogens with zero attached hydrogens (tertiary/aromatic N) is 3. The highest BCUT2D eigenvalue weighted by molar-refractivity contribution is 5.66. The van der Waals surface area contributed by atoms with Crippen molar-refractivity contribution in [2.24, 2.45) is 12.8 Å². The van der Waals surface area contributed by atoms with Gasteiger partial charge in [0, 0.05) is 26.3 Å². The number of hydrogen-bond donors (Lipinski definition) is 1. The topological polar surface area (TPSA) is 47.1 Å². The summed E-state index contributed by atoms with van der Waals surface area (Å²) in [5.74, 6) is -1.23. The molecule has 0 radical (unpaired) electrons. The van der Waals surface area contributed by atoms with Crippen LogP contribution in [0.1, 0.15) is 25.3 Å². The minimum absolute atomic E-state index is 0.0694. The molecule has 1 aliphatic carbocycles. The molecule has 1 aliphatic rings. The standard InChI is InChI=1S/C19H22F2N4/c1-4-13-5-6-16-18(24(2)11-23-16)9-17(13)25(3)19-14(20)7-12(10-22)8-15(19)21/h6-9,11H,4-5,10,22H2,1-3H3. The second-order valence-corrected chi connectivity index (χ2v) is 6.19. The molecule has 0 bridgehead atoms. The molecule has 1 aromatic carbocycles. The Bertz CT molecular complexity index is 933. The molecule has 0 unspecified atom stereocenters. The molecule has 2 N–H and O–H groups in total. The molecule has 0 fully saturated rings. The van der Waals surface area contributed by atoms with Crippen LogP contribution in [0.3, 0.4) is 0 Å². The summed E-state index contributed by atoms with van der Waals surface area (Å²) in [6.07, 6.45) is 7.21. The maximum atomic E-state index is 14.6. The first-order valence-corrected chi connectivity index (χ1v) is 8.29. The van der Waals surface area contributed by atoms with E-state index >= 15 is 0 Å². The number of halogens is 2. The minimum atomic E-state index is -0.613. The van der Waals surface area contributed by atoms with E-state index < -0.39 is 11.6 Å². The first-order valence-electron chi connectivity index (χ1n) is 8.29. The third-order valence-electron chi connectivity index (χ3n) is 4.63. The number of nitrogens with two attached hydrogens (primary N) is 1. The van der Waals surface area contributed by atoms with Crippen LogP contribution in [-0.2, 0) is 13.6 Å². The molecular formula is C19H22F2N4. The van der Waals surface area contributed by atoms with Crippen LogP contribution in [0, 0.1) is 11.6 Å². The van der Waals surface area contributed by atoms with Crippen molar-refractivity contribution in [1.82, 2.24) is 9.55 Å². The molecule has 3 rings (SSSR count). The van der Waals surface area contributed by atoms with Gasteiger partial charge in [-0.1, -0.05) is 13.0 Å². The van der Waals surface area contributed by atoms with Crippen molar-refractivity contribution in [3.63, 3.8) is 0 Å². The zero-order valence-corrected chi connectivity index (χ0v) is 14.7. The van der Waals surface area contributed by atoms with Gasteiger partial charge < -0.3 is 15.2 Å². The zero-order chi connectivity index (χ0) is 18.1. The van der Waals surface area contributed by atoms with Crippen LogP contribution in [0.4, 0.5) is 14.5 Å². The van der Waals surface area contributed by atoms with E-state index in [4.69, 9.17) is 5.73 Å². The molecule has 132 valence electrons. The summed E-state index contributed by atoms with van der Waals surface area (Å²) < 4.78 is 31.0. The Kier molecular flexibility index (Phi) is 4.72. The van der Waals surface area contributed by atoms with Crippen molar-refractivity contribution in [3.05, 3.63) is 57.6 Å². The third kappa shape index (κ3) is 3.09. The summed E-state index contributed by atoms with van der Waals surface area (Å²) in [5.41, 5.74) is 7.76. The summed E-state index contributed by atoms with van der Waals surface area (Å²) in [5, 5.41) is 1.81. The number of allylic oxidation sites excluding steroid dienone is 2. The monoisotopic (exact) mass is 344 g/mol. The largest absolute Gasteiger partial charge is 0.340 e. The highest BCUT2D eigenvalue weighted by Gasteiger charge is 2.20. The quantitative estimate of drug-likeness (QED) is 0.922. The van der Waals surface area contributed by atoms with Crippen LogP contribution in [0.5, 0.6) is 0 Å². The van der Waals surface area contributed by atoms with Gasteiger partial charge in [-0.2, -0.15) is 0 Å². The van der Waals surface area contributed by atoms with Crippen LogP contribution in [0.25, 0.3) is 12.2 Å². The molecule has 0 saturated heterocycles. The second kappa shape index (κ2) is 6.80. The maximum absolute atomic E-state index is 14.6. The number of fused-ring (bicyclic) bond motifs is 1. The van der Waals surface area contributed by atoms with Gasteiger partial charge in [-0.05, 0) is 42.2 Å². The molecule has 4 nitrogen and oxygen atoms in total. The number of aromatic nitrogens is 2. The van der Waals surface area contributed by atoms with Gasteiger partial charge in [0.05, 0.1) is 17.0 Å². The normalized spacial score (nSPS) is 13.8. The highest BCUT2D eigenvalue weighted by Crippen LogP contribution is 2.30. The van der Waals surface area contributed by atoms with Crippen LogP contribution in [0.15, 0.2) is 29.7 Å². The van der Waals surface area contributed by atoms with E-state index in [1.165, 1.54) is 12.1 Å². The van der Waals surface area contributed by atoms with E-state index in [0.717, 1.165) is 28.4 Å². The molecule has 2 aromatic rings. The SMILES string of the molecule is CCC1=C(N(C)c2c(F)cc(CN)cc2F)C=c2c(ncn2C)=CC1. The van der Waals surface area contributed by atoms with Crippen molar-refractivity contribution < 1.29 is 8.78 Å². The summed E-state index contributed by atoms with van der Waals surface area (Å²) in [4.78, 5) is 5.96. The molecule has 6 heteroatoms. The number of rotatable bonds is 4. The Labute approximate surface area is 145 Å². The molecule has 0 spiro atoms. The fourth-order valence-electron chi connectivity index (χ4n) is 3.18. The first-order chi connectivity index (χ1) is 12.0. The lowest BCUT2D eigenvalue weighted by Crippen LogP contribution is -2.30. The Morgan fingerprint density at radius 2 is 1.96 bits per heavy atom. The van der Waals surface area contributed by atoms with Gasteiger partial charge in [-0.25, -0.2) is 13.8 Å². The second-order valence-electron chi connectivity index (χ2n) is 6.19. The number of benzene rings is 1. The Balaban J connectivity index is 2.18. The molecule has 0 aliphatic heterocycles. The van der Waals surface area contributed by atoms with Gasteiger partial charge in [0.15, 0.2) is 0 Å². The molecule has 0 amide bonds. The van der Waals surface area contributed by atoms with Crippen molar-refractivity contribution in [2.45, 2.75) is 26.3 Å². The fourth-order valence-corrected chi connectivity index (χ4v) is 3.18. The molecule has 0 atom stereocenters. The molecule has 1 heterocycles. The smallest absolute Gasteiger partial charge is 0.150 e. The van der Waals surface area contributed by atoms with E-state index in [1.807, 2.05) is 24.6 Å². The van der Waals surface area contributed by atoms with Gasteiger partial charge in [0.1, 0.15) is 17.3 Å². The van der Waals surface area contributed by atoms with Gasteiger partial charge in [-0.15, -0.1) is 0 Å². The Hall–Kier alpha value is -2.47. The van der Waals surface area contributed by atoms with Crippen molar-refractivity contribution in [1.29, 1.82) is 0 Å². The van der Waals surface area contributed by atoms with Gasteiger partial charge in [0.2, 0.25) is 0 Å². The number of aryl methyl sites for hydroxylation is 1. The van der Waals surface area contributed by atoms with E-state index in [9.17, 15) is 8.78 Å². The van der Waals surface area contributed by atoms with Crippen molar-refractivity contribution >= 4 is 17.8 Å². The van der Waals surface area contributed by atoms with Crippen LogP contribution in [0.2, 0.25) is 0 Å². The highest BCUT2D eigenvalue weighted by atomic mass is 19.1. The van der Waals surface area contributed by atoms with Gasteiger partial charge in [0.25, 0.3) is 0 Å².